The van der Waals surface area contributed by atoms with Gasteiger partial charge in [-0.2, -0.15) is 0 Å². The molecule has 9 heteroatoms. The van der Waals surface area contributed by atoms with Gasteiger partial charge in [0.05, 0.1) is 6.61 Å². The molecule has 2 aliphatic heterocycles. The van der Waals surface area contributed by atoms with Gasteiger partial charge in [-0.1, -0.05) is 26.8 Å². The second kappa shape index (κ2) is 13.3. The summed E-state index contributed by atoms with van der Waals surface area (Å²) < 4.78 is 17.1. The van der Waals surface area contributed by atoms with E-state index in [9.17, 15) is 14.4 Å². The maximum Gasteiger partial charge on any atom is 0.407 e. The number of carbonyl (C=O) groups excluding carboxylic acids is 3. The summed E-state index contributed by atoms with van der Waals surface area (Å²) in [5.41, 5.74) is 1.75. The third-order valence-electron chi connectivity index (χ3n) is 6.11. The van der Waals surface area contributed by atoms with Crippen molar-refractivity contribution in [1.82, 2.24) is 10.2 Å². The van der Waals surface area contributed by atoms with Crippen molar-refractivity contribution in [2.75, 3.05) is 38.2 Å². The minimum Gasteiger partial charge on any atom is -0.489 e. The van der Waals surface area contributed by atoms with Crippen molar-refractivity contribution >= 4 is 23.7 Å². The molecule has 0 aliphatic carbocycles. The molecule has 2 N–H and O–H groups in total. The minimum atomic E-state index is -0.413. The lowest BCUT2D eigenvalue weighted by Gasteiger charge is -2.34. The Morgan fingerprint density at radius 2 is 1.94 bits per heavy atom. The predicted molar refractivity (Wildman–Crippen MR) is 132 cm³/mol. The van der Waals surface area contributed by atoms with E-state index in [0.717, 1.165) is 43.6 Å². The number of nitrogens with zero attached hydrogens (tertiary/aromatic N) is 1. The molecule has 35 heavy (non-hydrogen) atoms. The Labute approximate surface area is 207 Å². The first kappa shape index (κ1) is 26.8. The van der Waals surface area contributed by atoms with Crippen molar-refractivity contribution in [3.63, 3.8) is 0 Å². The molecule has 1 unspecified atom stereocenters. The van der Waals surface area contributed by atoms with Crippen LogP contribution in [0.25, 0.3) is 0 Å². The highest BCUT2D eigenvalue weighted by molar-refractivity contribution is 5.94. The van der Waals surface area contributed by atoms with Crippen molar-refractivity contribution in [1.29, 1.82) is 0 Å². The Balaban J connectivity index is 1.53. The summed E-state index contributed by atoms with van der Waals surface area (Å²) in [6.45, 7) is 8.72. The van der Waals surface area contributed by atoms with E-state index in [2.05, 4.69) is 15.5 Å². The number of anilines is 1. The molecule has 2 aliphatic rings. The maximum absolute atomic E-state index is 12.3. The zero-order valence-corrected chi connectivity index (χ0v) is 21.1. The molecule has 9 nitrogen and oxygen atoms in total. The molecular formula is C26H39N3O6. The summed E-state index contributed by atoms with van der Waals surface area (Å²) in [5, 5.41) is 5.83. The molecule has 3 rings (SSSR count). The normalized spacial score (nSPS) is 17.3. The molecule has 1 saturated heterocycles. The molecule has 1 atom stereocenters. The van der Waals surface area contributed by atoms with Crippen LogP contribution in [0.1, 0.15) is 58.4 Å². The molecule has 2 heterocycles. The van der Waals surface area contributed by atoms with Crippen molar-refractivity contribution in [2.45, 2.75) is 71.4 Å². The van der Waals surface area contributed by atoms with Crippen LogP contribution < -0.4 is 15.4 Å². The number of ether oxygens (including phenoxy) is 3. The summed E-state index contributed by atoms with van der Waals surface area (Å²) in [7, 11) is 0. The van der Waals surface area contributed by atoms with E-state index in [1.165, 1.54) is 0 Å². The molecule has 2 amide bonds. The first-order valence-corrected chi connectivity index (χ1v) is 12.7. The van der Waals surface area contributed by atoms with E-state index in [-0.39, 0.29) is 30.6 Å². The van der Waals surface area contributed by atoms with Crippen LogP contribution in [-0.2, 0) is 25.5 Å². The van der Waals surface area contributed by atoms with E-state index in [1.807, 2.05) is 39.0 Å². The minimum absolute atomic E-state index is 0.00657. The number of hydrogen-bond acceptors (Lipinski definition) is 7. The topological polar surface area (TPSA) is 106 Å². The average molecular weight is 490 g/mol. The van der Waals surface area contributed by atoms with Crippen LogP contribution in [0.15, 0.2) is 18.2 Å². The van der Waals surface area contributed by atoms with E-state index < -0.39 is 6.10 Å². The molecule has 0 bridgehead atoms. The first-order chi connectivity index (χ1) is 16.8. The number of piperidine rings is 1. The first-order valence-electron chi connectivity index (χ1n) is 12.7. The largest absolute Gasteiger partial charge is 0.489 e. The van der Waals surface area contributed by atoms with Crippen LogP contribution in [0, 0.1) is 5.92 Å². The van der Waals surface area contributed by atoms with Crippen LogP contribution in [0.4, 0.5) is 10.5 Å². The average Bonchev–Trinajstić information content (AvgIpc) is 2.82. The number of nitrogens with one attached hydrogen (secondary N) is 2. The summed E-state index contributed by atoms with van der Waals surface area (Å²) in [4.78, 5) is 38.2. The molecule has 0 radical (unpaired) electrons. The number of fused-ring (bicyclic) bond motifs is 1. The third-order valence-corrected chi connectivity index (χ3v) is 6.11. The number of hydrogen-bond donors (Lipinski definition) is 2. The quantitative estimate of drug-likeness (QED) is 0.458. The summed E-state index contributed by atoms with van der Waals surface area (Å²) >= 11 is 0. The van der Waals surface area contributed by atoms with Gasteiger partial charge in [-0.3, -0.25) is 14.5 Å². The van der Waals surface area contributed by atoms with Crippen molar-refractivity contribution in [3.8, 4) is 5.75 Å². The standard InChI is InChI=1S/C26H39N3O6/c1-4-6-25(31)35-20(17-33-23-8-5-7-22-21(23)9-10-24(30)28-22)15-29-13-11-19(12-14-29)27-26(32)34-16-18(2)3/h5,7-8,18-20H,4,6,9-17H2,1-3H3,(H,27,32)(H,28,30). The highest BCUT2D eigenvalue weighted by atomic mass is 16.6. The highest BCUT2D eigenvalue weighted by Crippen LogP contribution is 2.31. The van der Waals surface area contributed by atoms with Gasteiger partial charge in [0.15, 0.2) is 0 Å². The van der Waals surface area contributed by atoms with Gasteiger partial charge in [0.25, 0.3) is 0 Å². The van der Waals surface area contributed by atoms with Gasteiger partial charge in [0, 0.05) is 49.8 Å². The molecule has 1 aromatic carbocycles. The van der Waals surface area contributed by atoms with Crippen molar-refractivity contribution < 1.29 is 28.6 Å². The second-order valence-corrected chi connectivity index (χ2v) is 9.71. The monoisotopic (exact) mass is 489 g/mol. The Kier molecular flexibility index (Phi) is 10.2. The lowest BCUT2D eigenvalue weighted by Crippen LogP contribution is -2.48. The highest BCUT2D eigenvalue weighted by Gasteiger charge is 2.26. The molecule has 0 saturated carbocycles. The van der Waals surface area contributed by atoms with Crippen LogP contribution in [0.2, 0.25) is 0 Å². The smallest absolute Gasteiger partial charge is 0.407 e. The van der Waals surface area contributed by atoms with Crippen molar-refractivity contribution in [2.24, 2.45) is 5.92 Å². The molecule has 1 fully saturated rings. The molecule has 194 valence electrons. The van der Waals surface area contributed by atoms with E-state index in [0.29, 0.717) is 44.1 Å². The third kappa shape index (κ3) is 8.72. The van der Waals surface area contributed by atoms with Gasteiger partial charge < -0.3 is 24.8 Å². The number of benzene rings is 1. The predicted octanol–water partition coefficient (Wildman–Crippen LogP) is 3.51. The van der Waals surface area contributed by atoms with E-state index >= 15 is 0 Å². The Morgan fingerprint density at radius 3 is 2.66 bits per heavy atom. The van der Waals surface area contributed by atoms with Crippen LogP contribution in [-0.4, -0.2) is 67.9 Å². The van der Waals surface area contributed by atoms with Gasteiger partial charge in [-0.15, -0.1) is 0 Å². The second-order valence-electron chi connectivity index (χ2n) is 9.71. The number of likely N-dealkylation sites (tertiary alicyclic amines) is 1. The van der Waals surface area contributed by atoms with E-state index in [1.54, 1.807) is 0 Å². The zero-order chi connectivity index (χ0) is 25.2. The van der Waals surface area contributed by atoms with Gasteiger partial charge in [-0.25, -0.2) is 4.79 Å². The lowest BCUT2D eigenvalue weighted by molar-refractivity contribution is -0.151. The summed E-state index contributed by atoms with van der Waals surface area (Å²) in [6, 6.07) is 5.68. The molecule has 0 spiro atoms. The fourth-order valence-corrected chi connectivity index (χ4v) is 4.28. The zero-order valence-electron chi connectivity index (χ0n) is 21.1. The number of esters is 1. The van der Waals surface area contributed by atoms with Gasteiger partial charge in [0.1, 0.15) is 18.5 Å². The maximum atomic E-state index is 12.3. The van der Waals surface area contributed by atoms with Crippen molar-refractivity contribution in [3.05, 3.63) is 23.8 Å². The van der Waals surface area contributed by atoms with Crippen LogP contribution in [0.3, 0.4) is 0 Å². The fourth-order valence-electron chi connectivity index (χ4n) is 4.28. The Morgan fingerprint density at radius 1 is 1.17 bits per heavy atom. The molecular weight excluding hydrogens is 450 g/mol. The molecule has 0 aromatic heterocycles. The van der Waals surface area contributed by atoms with E-state index in [4.69, 9.17) is 14.2 Å². The van der Waals surface area contributed by atoms with Crippen LogP contribution >= 0.6 is 0 Å². The van der Waals surface area contributed by atoms with Gasteiger partial charge in [0.2, 0.25) is 5.91 Å². The lowest BCUT2D eigenvalue weighted by atomic mass is 10.0. The number of carbonyl (C=O) groups is 3. The summed E-state index contributed by atoms with van der Waals surface area (Å²) in [6.07, 6.45) is 2.98. The molecule has 1 aromatic rings. The number of rotatable bonds is 11. The number of alkyl carbamates (subject to hydrolysis) is 1. The Hall–Kier alpha value is -2.81. The summed E-state index contributed by atoms with van der Waals surface area (Å²) in [5.74, 6) is 0.791. The SMILES string of the molecule is CCCC(=O)OC(COc1cccc2c1CCC(=O)N2)CN1CCC(NC(=O)OCC(C)C)CC1. The number of amides is 2. The Bertz CT molecular complexity index is 867. The fraction of sp³-hybridized carbons (Fsp3) is 0.654. The van der Waals surface area contributed by atoms with Gasteiger partial charge in [-0.05, 0) is 43.7 Å². The van der Waals surface area contributed by atoms with Crippen LogP contribution in [0.5, 0.6) is 5.75 Å². The van der Waals surface area contributed by atoms with Gasteiger partial charge >= 0.3 is 12.1 Å².